The minimum Gasteiger partial charge on any atom is -0.336 e. The number of anilines is 1. The molecule has 0 spiro atoms. The van der Waals surface area contributed by atoms with Crippen molar-refractivity contribution in [2.24, 2.45) is 0 Å². The fourth-order valence-corrected chi connectivity index (χ4v) is 4.78. The van der Waals surface area contributed by atoms with Crippen molar-refractivity contribution < 1.29 is 13.2 Å². The van der Waals surface area contributed by atoms with Crippen molar-refractivity contribution in [1.82, 2.24) is 9.62 Å². The Morgan fingerprint density at radius 3 is 2.50 bits per heavy atom. The van der Waals surface area contributed by atoms with Crippen LogP contribution in [0.2, 0.25) is 0 Å². The first-order chi connectivity index (χ1) is 12.5. The van der Waals surface area contributed by atoms with Crippen LogP contribution < -0.4 is 10.6 Å². The van der Waals surface area contributed by atoms with Crippen molar-refractivity contribution >= 4 is 21.7 Å². The number of aryl methyl sites for hydroxylation is 1. The molecule has 3 rings (SSSR count). The van der Waals surface area contributed by atoms with E-state index in [2.05, 4.69) is 10.6 Å². The smallest absolute Gasteiger partial charge is 0.319 e. The van der Waals surface area contributed by atoms with Crippen molar-refractivity contribution in [2.75, 3.05) is 18.4 Å². The molecular weight excluding hydrogens is 350 g/mol. The number of urea groups is 1. The largest absolute Gasteiger partial charge is 0.336 e. The molecule has 0 bridgehead atoms. The van der Waals surface area contributed by atoms with E-state index in [1.807, 2.05) is 25.1 Å². The van der Waals surface area contributed by atoms with Gasteiger partial charge in [0.05, 0.1) is 4.90 Å². The Hall–Kier alpha value is -2.38. The second-order valence-corrected chi connectivity index (χ2v) is 8.32. The quantitative estimate of drug-likeness (QED) is 0.846. The number of rotatable bonds is 5. The van der Waals surface area contributed by atoms with Gasteiger partial charge in [-0.25, -0.2) is 13.2 Å². The molecule has 2 N–H and O–H groups in total. The zero-order valence-electron chi connectivity index (χ0n) is 14.7. The van der Waals surface area contributed by atoms with Crippen LogP contribution in [0.15, 0.2) is 59.5 Å². The van der Waals surface area contributed by atoms with Crippen molar-refractivity contribution in [3.63, 3.8) is 0 Å². The molecule has 2 aromatic rings. The van der Waals surface area contributed by atoms with Gasteiger partial charge in [0.2, 0.25) is 10.0 Å². The van der Waals surface area contributed by atoms with Crippen molar-refractivity contribution in [2.45, 2.75) is 30.7 Å². The SMILES string of the molecule is Cc1ccc(S(=O)(=O)N2CCC[C@H]2CNC(=O)Nc2ccccc2)cc1. The molecule has 0 saturated carbocycles. The van der Waals surface area contributed by atoms with Crippen molar-refractivity contribution in [3.05, 3.63) is 60.2 Å². The maximum absolute atomic E-state index is 12.9. The lowest BCUT2D eigenvalue weighted by molar-refractivity contribution is 0.249. The second kappa shape index (κ2) is 7.88. The van der Waals surface area contributed by atoms with Crippen LogP contribution in [-0.4, -0.2) is 37.9 Å². The van der Waals surface area contributed by atoms with E-state index in [1.165, 1.54) is 4.31 Å². The van der Waals surface area contributed by atoms with Gasteiger partial charge in [-0.1, -0.05) is 35.9 Å². The highest BCUT2D eigenvalue weighted by Crippen LogP contribution is 2.26. The maximum Gasteiger partial charge on any atom is 0.319 e. The Morgan fingerprint density at radius 1 is 1.12 bits per heavy atom. The first-order valence-corrected chi connectivity index (χ1v) is 10.1. The van der Waals surface area contributed by atoms with E-state index in [0.29, 0.717) is 17.1 Å². The highest BCUT2D eigenvalue weighted by molar-refractivity contribution is 7.89. The zero-order chi connectivity index (χ0) is 18.6. The molecule has 26 heavy (non-hydrogen) atoms. The van der Waals surface area contributed by atoms with Gasteiger partial charge in [0.25, 0.3) is 0 Å². The van der Waals surface area contributed by atoms with E-state index < -0.39 is 10.0 Å². The monoisotopic (exact) mass is 373 g/mol. The van der Waals surface area contributed by atoms with Crippen LogP contribution in [0.3, 0.4) is 0 Å². The van der Waals surface area contributed by atoms with Gasteiger partial charge < -0.3 is 10.6 Å². The first kappa shape index (κ1) is 18.4. The van der Waals surface area contributed by atoms with Crippen LogP contribution in [0.4, 0.5) is 10.5 Å². The van der Waals surface area contributed by atoms with Crippen LogP contribution >= 0.6 is 0 Å². The normalized spacial score (nSPS) is 17.8. The lowest BCUT2D eigenvalue weighted by atomic mass is 10.2. The second-order valence-electron chi connectivity index (χ2n) is 6.43. The number of benzene rings is 2. The summed E-state index contributed by atoms with van der Waals surface area (Å²) in [6, 6.07) is 15.4. The number of amides is 2. The number of hydrogen-bond donors (Lipinski definition) is 2. The Labute approximate surface area is 154 Å². The fraction of sp³-hybridized carbons (Fsp3) is 0.316. The third-order valence-corrected chi connectivity index (χ3v) is 6.45. The Kier molecular flexibility index (Phi) is 5.58. The number of sulfonamides is 1. The van der Waals surface area contributed by atoms with Crippen LogP contribution in [0.5, 0.6) is 0 Å². The summed E-state index contributed by atoms with van der Waals surface area (Å²) < 4.78 is 27.3. The fourth-order valence-electron chi connectivity index (χ4n) is 3.08. The predicted octanol–water partition coefficient (Wildman–Crippen LogP) is 2.97. The molecule has 2 amide bonds. The Bertz CT molecular complexity index is 851. The van der Waals surface area contributed by atoms with Gasteiger partial charge in [0.15, 0.2) is 0 Å². The van der Waals surface area contributed by atoms with Gasteiger partial charge >= 0.3 is 6.03 Å². The molecule has 7 heteroatoms. The number of carbonyl (C=O) groups excluding carboxylic acids is 1. The summed E-state index contributed by atoms with van der Waals surface area (Å²) in [6.45, 7) is 2.68. The van der Waals surface area contributed by atoms with Gasteiger partial charge in [-0.2, -0.15) is 4.31 Å². The molecule has 2 aromatic carbocycles. The zero-order valence-corrected chi connectivity index (χ0v) is 15.5. The summed E-state index contributed by atoms with van der Waals surface area (Å²) in [5.41, 5.74) is 1.71. The summed E-state index contributed by atoms with van der Waals surface area (Å²) in [5, 5.41) is 5.52. The number of nitrogens with one attached hydrogen (secondary N) is 2. The van der Waals surface area contributed by atoms with Gasteiger partial charge in [-0.05, 0) is 44.0 Å². The highest BCUT2D eigenvalue weighted by Gasteiger charge is 2.35. The molecule has 0 aromatic heterocycles. The molecule has 1 atom stereocenters. The summed E-state index contributed by atoms with van der Waals surface area (Å²) in [6.07, 6.45) is 1.52. The van der Waals surface area contributed by atoms with Gasteiger partial charge in [0.1, 0.15) is 0 Å². The summed E-state index contributed by atoms with van der Waals surface area (Å²) in [5.74, 6) is 0. The molecule has 0 aliphatic carbocycles. The molecule has 138 valence electrons. The molecular formula is C19H23N3O3S. The van der Waals surface area contributed by atoms with Crippen LogP contribution in [0, 0.1) is 6.92 Å². The van der Waals surface area contributed by atoms with E-state index in [0.717, 1.165) is 18.4 Å². The Morgan fingerprint density at radius 2 is 1.81 bits per heavy atom. The molecule has 1 aliphatic rings. The predicted molar refractivity (Wildman–Crippen MR) is 102 cm³/mol. The molecule has 6 nitrogen and oxygen atoms in total. The van der Waals surface area contributed by atoms with Gasteiger partial charge in [-0.15, -0.1) is 0 Å². The topological polar surface area (TPSA) is 78.5 Å². The summed E-state index contributed by atoms with van der Waals surface area (Å²) in [4.78, 5) is 12.3. The van der Waals surface area contributed by atoms with Crippen LogP contribution in [-0.2, 0) is 10.0 Å². The lowest BCUT2D eigenvalue weighted by Crippen LogP contribution is -2.44. The molecule has 0 radical (unpaired) electrons. The van der Waals surface area contributed by atoms with E-state index in [-0.39, 0.29) is 18.6 Å². The van der Waals surface area contributed by atoms with Crippen molar-refractivity contribution in [3.8, 4) is 0 Å². The molecule has 1 fully saturated rings. The lowest BCUT2D eigenvalue weighted by Gasteiger charge is -2.24. The molecule has 1 saturated heterocycles. The highest BCUT2D eigenvalue weighted by atomic mass is 32.2. The maximum atomic E-state index is 12.9. The molecule has 1 heterocycles. The van der Waals surface area contributed by atoms with Gasteiger partial charge in [-0.3, -0.25) is 0 Å². The van der Waals surface area contributed by atoms with E-state index >= 15 is 0 Å². The molecule has 1 aliphatic heterocycles. The van der Waals surface area contributed by atoms with E-state index in [9.17, 15) is 13.2 Å². The van der Waals surface area contributed by atoms with Gasteiger partial charge in [0, 0.05) is 24.8 Å². The third kappa shape index (κ3) is 4.23. The summed E-state index contributed by atoms with van der Waals surface area (Å²) in [7, 11) is -3.55. The standard InChI is InChI=1S/C19H23N3O3S/c1-15-9-11-18(12-10-15)26(24,25)22-13-5-8-17(22)14-20-19(23)21-16-6-3-2-4-7-16/h2-4,6-7,9-12,17H,5,8,13-14H2,1H3,(H2,20,21,23)/t17-/m0/s1. The number of para-hydroxylation sites is 1. The first-order valence-electron chi connectivity index (χ1n) is 8.65. The van der Waals surface area contributed by atoms with Crippen LogP contribution in [0.25, 0.3) is 0 Å². The average molecular weight is 373 g/mol. The number of hydrogen-bond acceptors (Lipinski definition) is 3. The Balaban J connectivity index is 1.63. The van der Waals surface area contributed by atoms with E-state index in [1.54, 1.807) is 36.4 Å². The van der Waals surface area contributed by atoms with E-state index in [4.69, 9.17) is 0 Å². The van der Waals surface area contributed by atoms with Crippen LogP contribution in [0.1, 0.15) is 18.4 Å². The van der Waals surface area contributed by atoms with Crippen molar-refractivity contribution in [1.29, 1.82) is 0 Å². The molecule has 0 unspecified atom stereocenters. The average Bonchev–Trinajstić information content (AvgIpc) is 3.11. The third-order valence-electron chi connectivity index (χ3n) is 4.48. The number of carbonyl (C=O) groups is 1. The minimum atomic E-state index is -3.55. The number of nitrogens with zero attached hydrogens (tertiary/aromatic N) is 1. The minimum absolute atomic E-state index is 0.233. The summed E-state index contributed by atoms with van der Waals surface area (Å²) >= 11 is 0.